The molecule has 0 aromatic carbocycles. The summed E-state index contributed by atoms with van der Waals surface area (Å²) in [6.45, 7) is 19.0. The van der Waals surface area contributed by atoms with Gasteiger partial charge in [0.2, 0.25) is 0 Å². The predicted octanol–water partition coefficient (Wildman–Crippen LogP) is 7.27. The lowest BCUT2D eigenvalue weighted by Gasteiger charge is -2.71. The molecule has 2 nitrogen and oxygen atoms in total. The van der Waals surface area contributed by atoms with Gasteiger partial charge in [-0.05, 0) is 83.9 Å². The van der Waals surface area contributed by atoms with E-state index in [1.54, 1.807) is 0 Å². The highest BCUT2D eigenvalue weighted by atomic mass is 16.1. The van der Waals surface area contributed by atoms with E-state index >= 15 is 0 Å². The van der Waals surface area contributed by atoms with E-state index in [9.17, 15) is 9.59 Å². The molecule has 5 aliphatic carbocycles. The van der Waals surface area contributed by atoms with E-state index in [-0.39, 0.29) is 27.1 Å². The quantitative estimate of drug-likeness (QED) is 0.373. The van der Waals surface area contributed by atoms with Crippen molar-refractivity contribution in [3.63, 3.8) is 0 Å². The van der Waals surface area contributed by atoms with Crippen LogP contribution < -0.4 is 0 Å². The van der Waals surface area contributed by atoms with E-state index in [0.717, 1.165) is 25.7 Å². The largest absolute Gasteiger partial charge is 0.299 e. The summed E-state index contributed by atoms with van der Waals surface area (Å²) >= 11 is 0. The van der Waals surface area contributed by atoms with Gasteiger partial charge >= 0.3 is 0 Å². The van der Waals surface area contributed by atoms with Crippen molar-refractivity contribution < 1.29 is 9.59 Å². The van der Waals surface area contributed by atoms with Crippen LogP contribution in [0, 0.1) is 62.6 Å². The van der Waals surface area contributed by atoms with Gasteiger partial charge in [-0.1, -0.05) is 67.5 Å². The molecule has 178 valence electrons. The minimum atomic E-state index is -0.281. The molecule has 0 aliphatic heterocycles. The van der Waals surface area contributed by atoms with Gasteiger partial charge in [0.05, 0.1) is 0 Å². The van der Waals surface area contributed by atoms with Gasteiger partial charge in [-0.25, -0.2) is 0 Å². The van der Waals surface area contributed by atoms with Crippen LogP contribution in [0.4, 0.5) is 0 Å². The van der Waals surface area contributed by atoms with Gasteiger partial charge in [0.1, 0.15) is 11.6 Å². The topological polar surface area (TPSA) is 34.1 Å². The fourth-order valence-corrected chi connectivity index (χ4v) is 10.5. The van der Waals surface area contributed by atoms with Gasteiger partial charge in [-0.3, -0.25) is 9.59 Å². The van der Waals surface area contributed by atoms with Crippen molar-refractivity contribution in [3.8, 4) is 0 Å². The lowest BCUT2D eigenvalue weighted by atomic mass is 9.32. The van der Waals surface area contributed by atoms with E-state index in [0.29, 0.717) is 47.1 Å². The molecule has 0 radical (unpaired) electrons. The van der Waals surface area contributed by atoms with Crippen LogP contribution in [0.2, 0.25) is 0 Å². The molecule has 10 unspecified atom stereocenters. The number of Topliss-reactive ketones (excluding diaryl/α,β-unsaturated/α-hetero) is 2. The van der Waals surface area contributed by atoms with Crippen molar-refractivity contribution in [1.82, 2.24) is 0 Å². The first-order valence-electron chi connectivity index (χ1n) is 13.5. The summed E-state index contributed by atoms with van der Waals surface area (Å²) in [6.07, 6.45) is 12.2. The predicted molar refractivity (Wildman–Crippen MR) is 130 cm³/mol. The number of allylic oxidation sites excluding steroid dienone is 2. The Labute approximate surface area is 196 Å². The zero-order valence-corrected chi connectivity index (χ0v) is 21.9. The van der Waals surface area contributed by atoms with Gasteiger partial charge in [0.25, 0.3) is 0 Å². The number of fused-ring (bicyclic) bond motifs is 7. The summed E-state index contributed by atoms with van der Waals surface area (Å²) in [5.41, 5.74) is -0.224. The molecule has 5 rings (SSSR count). The average molecular weight is 439 g/mol. The van der Waals surface area contributed by atoms with Crippen LogP contribution in [0.3, 0.4) is 0 Å². The zero-order chi connectivity index (χ0) is 23.5. The molecule has 5 aliphatic rings. The van der Waals surface area contributed by atoms with Crippen molar-refractivity contribution in [3.05, 3.63) is 12.2 Å². The maximum absolute atomic E-state index is 13.9. The standard InChI is InChI=1S/C30H46O2/c1-18-11-14-28(6)24(32)17-30(8)20(25(28)19(18)2)9-10-22-27(5)15-13-23(31)26(3,4)21(27)12-16-29(22,30)7/h12,16,18-22,25H,9-11,13-15,17H2,1-8H3. The summed E-state index contributed by atoms with van der Waals surface area (Å²) in [4.78, 5) is 26.8. The first-order chi connectivity index (χ1) is 14.7. The molecule has 0 heterocycles. The highest BCUT2D eigenvalue weighted by molar-refractivity contribution is 5.87. The van der Waals surface area contributed by atoms with Crippen molar-refractivity contribution >= 4 is 11.6 Å². The highest BCUT2D eigenvalue weighted by Gasteiger charge is 2.70. The first-order valence-corrected chi connectivity index (χ1v) is 13.5. The Morgan fingerprint density at radius 2 is 1.56 bits per heavy atom. The zero-order valence-electron chi connectivity index (χ0n) is 21.9. The molecule has 32 heavy (non-hydrogen) atoms. The molecule has 0 saturated heterocycles. The Bertz CT molecular complexity index is 883. The Morgan fingerprint density at radius 1 is 0.875 bits per heavy atom. The van der Waals surface area contributed by atoms with Crippen LogP contribution in [0.1, 0.15) is 100 Å². The molecule has 0 aromatic heterocycles. The molecule has 4 fully saturated rings. The van der Waals surface area contributed by atoms with Crippen molar-refractivity contribution in [2.75, 3.05) is 0 Å². The number of hydrogen-bond acceptors (Lipinski definition) is 2. The first kappa shape index (κ1) is 22.9. The number of carbonyl (C=O) groups is 2. The molecule has 0 aromatic rings. The van der Waals surface area contributed by atoms with Gasteiger partial charge < -0.3 is 0 Å². The molecule has 0 amide bonds. The van der Waals surface area contributed by atoms with E-state index in [4.69, 9.17) is 0 Å². The van der Waals surface area contributed by atoms with E-state index < -0.39 is 0 Å². The Kier molecular flexibility index (Phi) is 4.71. The molecule has 0 spiro atoms. The second-order valence-corrected chi connectivity index (χ2v) is 14.3. The van der Waals surface area contributed by atoms with Gasteiger partial charge in [0.15, 0.2) is 0 Å². The molecule has 0 bridgehead atoms. The second kappa shape index (κ2) is 6.60. The van der Waals surface area contributed by atoms with Crippen LogP contribution in [0.5, 0.6) is 0 Å². The van der Waals surface area contributed by atoms with Gasteiger partial charge in [0, 0.05) is 23.7 Å². The lowest BCUT2D eigenvalue weighted by Crippen LogP contribution is -2.67. The summed E-state index contributed by atoms with van der Waals surface area (Å²) in [6, 6.07) is 0. The molecular weight excluding hydrogens is 392 g/mol. The number of rotatable bonds is 0. The van der Waals surface area contributed by atoms with Crippen LogP contribution >= 0.6 is 0 Å². The SMILES string of the molecule is CC1CCC2(C)C(=O)CC3(C)C(CCC4C5(C)CCC(=O)C(C)(C)C5C=CC43C)C2C1C. The highest BCUT2D eigenvalue weighted by Crippen LogP contribution is 2.74. The monoisotopic (exact) mass is 438 g/mol. The van der Waals surface area contributed by atoms with Crippen LogP contribution in [-0.2, 0) is 9.59 Å². The minimum absolute atomic E-state index is 0.0125. The van der Waals surface area contributed by atoms with Crippen molar-refractivity contribution in [2.24, 2.45) is 62.6 Å². The fourth-order valence-electron chi connectivity index (χ4n) is 10.5. The van der Waals surface area contributed by atoms with Crippen LogP contribution in [0.25, 0.3) is 0 Å². The minimum Gasteiger partial charge on any atom is -0.299 e. The molecule has 10 atom stereocenters. The Morgan fingerprint density at radius 3 is 2.25 bits per heavy atom. The third kappa shape index (κ3) is 2.48. The number of carbonyl (C=O) groups excluding carboxylic acids is 2. The van der Waals surface area contributed by atoms with E-state index in [1.807, 2.05) is 0 Å². The molecule has 2 heteroatoms. The lowest BCUT2D eigenvalue weighted by molar-refractivity contribution is -0.206. The third-order valence-electron chi connectivity index (χ3n) is 13.0. The van der Waals surface area contributed by atoms with Gasteiger partial charge in [-0.2, -0.15) is 0 Å². The number of hydrogen-bond donors (Lipinski definition) is 0. The molecule has 4 saturated carbocycles. The summed E-state index contributed by atoms with van der Waals surface area (Å²) in [5.74, 6) is 4.29. The molecular formula is C30H46O2. The maximum atomic E-state index is 13.9. The van der Waals surface area contributed by atoms with E-state index in [1.165, 1.54) is 19.3 Å². The summed E-state index contributed by atoms with van der Waals surface area (Å²) in [5, 5.41) is 0. The van der Waals surface area contributed by atoms with Crippen LogP contribution in [0.15, 0.2) is 12.2 Å². The van der Waals surface area contributed by atoms with E-state index in [2.05, 4.69) is 67.5 Å². The summed E-state index contributed by atoms with van der Waals surface area (Å²) in [7, 11) is 0. The van der Waals surface area contributed by atoms with Crippen molar-refractivity contribution in [2.45, 2.75) is 100 Å². The Balaban J connectivity index is 1.62. The van der Waals surface area contributed by atoms with Crippen molar-refractivity contribution in [1.29, 1.82) is 0 Å². The summed E-state index contributed by atoms with van der Waals surface area (Å²) < 4.78 is 0. The van der Waals surface area contributed by atoms with Crippen LogP contribution in [-0.4, -0.2) is 11.6 Å². The maximum Gasteiger partial charge on any atom is 0.139 e. The smallest absolute Gasteiger partial charge is 0.139 e. The second-order valence-electron chi connectivity index (χ2n) is 14.3. The van der Waals surface area contributed by atoms with Gasteiger partial charge in [-0.15, -0.1) is 0 Å². The number of ketones is 2. The normalized spacial score (nSPS) is 56.6. The third-order valence-corrected chi connectivity index (χ3v) is 13.0. The fraction of sp³-hybridized carbons (Fsp3) is 0.867. The average Bonchev–Trinajstić information content (AvgIpc) is 2.70. The molecule has 0 N–H and O–H groups in total. The Hall–Kier alpha value is -0.920.